The molecule has 0 aliphatic heterocycles. The van der Waals surface area contributed by atoms with Crippen molar-refractivity contribution in [3.8, 4) is 11.5 Å². The molecule has 0 aliphatic carbocycles. The summed E-state index contributed by atoms with van der Waals surface area (Å²) in [6.45, 7) is 8.17. The maximum Gasteiger partial charge on any atom is 0.325 e. The van der Waals surface area contributed by atoms with E-state index in [-0.39, 0.29) is 55.6 Å². The molecule has 0 aliphatic rings. The van der Waals surface area contributed by atoms with E-state index in [2.05, 4.69) is 31.6 Å². The second kappa shape index (κ2) is 21.7. The van der Waals surface area contributed by atoms with Gasteiger partial charge in [0.2, 0.25) is 29.5 Å². The van der Waals surface area contributed by atoms with Gasteiger partial charge >= 0.3 is 5.97 Å². The molecule has 0 unspecified atom stereocenters. The van der Waals surface area contributed by atoms with E-state index in [1.807, 2.05) is 0 Å². The zero-order chi connectivity index (χ0) is 41.4. The Morgan fingerprint density at radius 1 is 0.618 bits per heavy atom. The molecule has 0 heterocycles. The van der Waals surface area contributed by atoms with Crippen LogP contribution in [0.15, 0.2) is 53.5 Å². The zero-order valence-corrected chi connectivity index (χ0v) is 31.7. The van der Waals surface area contributed by atoms with Crippen molar-refractivity contribution in [3.05, 3.63) is 59.7 Å². The highest BCUT2D eigenvalue weighted by Crippen LogP contribution is 2.15. The number of aromatic hydroxyl groups is 2. The third-order valence-electron chi connectivity index (χ3n) is 8.59. The maximum absolute atomic E-state index is 13.9. The Morgan fingerprint density at radius 3 is 1.49 bits per heavy atom. The number of nitrogens with two attached hydrogens (primary N) is 3. The molecule has 302 valence electrons. The van der Waals surface area contributed by atoms with Gasteiger partial charge in [-0.15, -0.1) is 0 Å². The minimum atomic E-state index is -1.30. The summed E-state index contributed by atoms with van der Waals surface area (Å²) in [6.07, 6.45) is 0.123. The van der Waals surface area contributed by atoms with Gasteiger partial charge < -0.3 is 59.1 Å². The van der Waals surface area contributed by atoms with Gasteiger partial charge in [0.25, 0.3) is 0 Å². The first kappa shape index (κ1) is 45.2. The number of rotatable bonds is 21. The first-order valence-electron chi connectivity index (χ1n) is 17.9. The number of hydrogen-bond donors (Lipinski definition) is 11. The number of carbonyl (C=O) groups is 6. The van der Waals surface area contributed by atoms with Gasteiger partial charge in [0.05, 0.1) is 6.04 Å². The van der Waals surface area contributed by atoms with Gasteiger partial charge in [-0.2, -0.15) is 0 Å². The predicted octanol–water partition coefficient (Wildman–Crippen LogP) is -0.896. The lowest BCUT2D eigenvalue weighted by molar-refractivity contribution is -0.141. The number of nitrogens with zero attached hydrogens (tertiary/aromatic N) is 1. The van der Waals surface area contributed by atoms with Gasteiger partial charge in [0, 0.05) is 19.4 Å². The number of carbonyl (C=O) groups excluding carboxylic acids is 5. The number of phenolic OH excluding ortho intramolecular Hbond substituents is 2. The molecule has 5 amide bonds. The number of nitrogens with one attached hydrogen (secondary N) is 5. The van der Waals surface area contributed by atoms with E-state index < -0.39 is 77.7 Å². The van der Waals surface area contributed by atoms with Crippen LogP contribution in [0.4, 0.5) is 0 Å². The van der Waals surface area contributed by atoms with E-state index in [1.54, 1.807) is 39.8 Å². The van der Waals surface area contributed by atoms with Gasteiger partial charge in [-0.05, 0) is 67.0 Å². The minimum absolute atomic E-state index is 0.000932. The Kier molecular flexibility index (Phi) is 17.9. The van der Waals surface area contributed by atoms with Crippen molar-refractivity contribution in [1.82, 2.24) is 26.6 Å². The van der Waals surface area contributed by atoms with Gasteiger partial charge in [0.15, 0.2) is 5.96 Å². The highest BCUT2D eigenvalue weighted by atomic mass is 16.4. The number of guanidine groups is 1. The molecule has 0 bridgehead atoms. The lowest BCUT2D eigenvalue weighted by atomic mass is 9.99. The van der Waals surface area contributed by atoms with E-state index in [0.29, 0.717) is 11.1 Å². The van der Waals surface area contributed by atoms with Crippen LogP contribution >= 0.6 is 0 Å². The lowest BCUT2D eigenvalue weighted by Crippen LogP contribution is -2.60. The molecule has 0 saturated carbocycles. The molecule has 2 aromatic carbocycles. The maximum atomic E-state index is 13.9. The first-order valence-corrected chi connectivity index (χ1v) is 17.9. The summed E-state index contributed by atoms with van der Waals surface area (Å²) in [6, 6.07) is 4.65. The summed E-state index contributed by atoms with van der Waals surface area (Å²) in [5, 5.41) is 41.7. The molecule has 0 saturated heterocycles. The van der Waals surface area contributed by atoms with E-state index in [4.69, 9.17) is 17.2 Å². The number of aliphatic carboxylic acids is 1. The summed E-state index contributed by atoms with van der Waals surface area (Å²) in [5.41, 5.74) is 18.1. The molecule has 0 spiro atoms. The van der Waals surface area contributed by atoms with Gasteiger partial charge in [-0.1, -0.05) is 52.0 Å². The molecule has 0 aromatic heterocycles. The Balaban J connectivity index is 2.39. The topological polar surface area (TPSA) is 314 Å². The Hall–Kier alpha value is -5.91. The predicted molar refractivity (Wildman–Crippen MR) is 204 cm³/mol. The van der Waals surface area contributed by atoms with Gasteiger partial charge in [-0.3, -0.25) is 33.8 Å². The Labute approximate surface area is 320 Å². The Morgan fingerprint density at radius 2 is 1.05 bits per heavy atom. The van der Waals surface area contributed by atoms with Crippen LogP contribution in [0.25, 0.3) is 0 Å². The fourth-order valence-corrected chi connectivity index (χ4v) is 5.20. The molecule has 0 fully saturated rings. The third-order valence-corrected chi connectivity index (χ3v) is 8.59. The second-order valence-corrected chi connectivity index (χ2v) is 13.9. The second-order valence-electron chi connectivity index (χ2n) is 13.9. The van der Waals surface area contributed by atoms with Crippen LogP contribution in [0.1, 0.15) is 58.6 Å². The summed E-state index contributed by atoms with van der Waals surface area (Å²) < 4.78 is 0. The van der Waals surface area contributed by atoms with Gasteiger partial charge in [0.1, 0.15) is 41.7 Å². The molecule has 55 heavy (non-hydrogen) atoms. The van der Waals surface area contributed by atoms with Crippen LogP contribution in [0, 0.1) is 11.8 Å². The van der Waals surface area contributed by atoms with E-state index in [1.165, 1.54) is 43.3 Å². The largest absolute Gasteiger partial charge is 0.508 e. The number of carboxylic acids is 1. The van der Waals surface area contributed by atoms with E-state index in [9.17, 15) is 44.1 Å². The average Bonchev–Trinajstić information content (AvgIpc) is 3.11. The van der Waals surface area contributed by atoms with Crippen molar-refractivity contribution in [2.24, 2.45) is 34.0 Å². The van der Waals surface area contributed by atoms with Crippen LogP contribution in [-0.2, 0) is 41.6 Å². The molecular weight excluding hydrogens is 714 g/mol. The number of hydrogen-bond acceptors (Lipinski definition) is 10. The number of benzene rings is 2. The average molecular weight is 770 g/mol. The highest BCUT2D eigenvalue weighted by molar-refractivity contribution is 5.96. The molecule has 6 atom stereocenters. The quantitative estimate of drug-likeness (QED) is 0.0419. The molecule has 18 heteroatoms. The molecule has 2 aromatic rings. The Bertz CT molecular complexity index is 1650. The summed E-state index contributed by atoms with van der Waals surface area (Å²) >= 11 is 0. The van der Waals surface area contributed by atoms with Crippen LogP contribution in [0.5, 0.6) is 11.5 Å². The number of carboxylic acid groups (broad SMARTS) is 1. The number of aliphatic imine (C=N–C) groups is 1. The molecule has 2 rings (SSSR count). The SMILES string of the molecule is CC(C)[C@H](N)C(=O)N[C@@H](Cc1ccc(O)cc1)C(=O)N[C@@H](CCCN=C(N)N)C(=O)N[C@H](C(=O)N[C@@H](Cc1ccc(O)cc1)C(=O)N[C@H](C)C(=O)O)C(C)C. The monoisotopic (exact) mass is 769 g/mol. The van der Waals surface area contributed by atoms with Crippen LogP contribution in [0.2, 0.25) is 0 Å². The van der Waals surface area contributed by atoms with Crippen molar-refractivity contribution in [2.45, 2.75) is 96.6 Å². The van der Waals surface area contributed by atoms with Crippen LogP contribution in [0.3, 0.4) is 0 Å². The third kappa shape index (κ3) is 15.5. The van der Waals surface area contributed by atoms with Crippen molar-refractivity contribution >= 4 is 41.5 Å². The fourth-order valence-electron chi connectivity index (χ4n) is 5.20. The minimum Gasteiger partial charge on any atom is -0.508 e. The van der Waals surface area contributed by atoms with Crippen LogP contribution < -0.4 is 43.8 Å². The summed E-state index contributed by atoms with van der Waals surface area (Å²) in [5.74, 6) is -5.95. The molecule has 0 radical (unpaired) electrons. The van der Waals surface area contributed by atoms with Gasteiger partial charge in [-0.25, -0.2) is 0 Å². The first-order chi connectivity index (χ1) is 25.8. The van der Waals surface area contributed by atoms with Crippen molar-refractivity contribution in [3.63, 3.8) is 0 Å². The zero-order valence-electron chi connectivity index (χ0n) is 31.7. The molecular formula is C37H55N9O9. The highest BCUT2D eigenvalue weighted by Gasteiger charge is 2.34. The number of amides is 5. The van der Waals surface area contributed by atoms with Crippen molar-refractivity contribution in [2.75, 3.05) is 6.54 Å². The van der Waals surface area contributed by atoms with E-state index >= 15 is 0 Å². The smallest absolute Gasteiger partial charge is 0.325 e. The molecule has 14 N–H and O–H groups in total. The van der Waals surface area contributed by atoms with Crippen LogP contribution in [-0.4, -0.2) is 99.6 Å². The standard InChI is InChI=1S/C37H55N9O9/c1-19(2)29(38)34(52)44-28(18-23-10-14-25(48)15-11-23)33(51)43-26(7-6-16-41-37(39)40)31(49)46-30(20(3)4)35(53)45-27(32(50)42-21(5)36(54)55)17-22-8-12-24(47)13-9-22/h8-15,19-21,26-30,47-48H,6-7,16-18,38H2,1-5H3,(H,42,50)(H,43,51)(H,44,52)(H,45,53)(H,46,49)(H,54,55)(H4,39,40,41)/t21-,26+,27+,28+,29+,30+/m1/s1. The normalized spacial score (nSPS) is 14.3. The van der Waals surface area contributed by atoms with Crippen molar-refractivity contribution < 1.29 is 44.1 Å². The van der Waals surface area contributed by atoms with E-state index in [0.717, 1.165) is 0 Å². The number of phenols is 2. The summed E-state index contributed by atoms with van der Waals surface area (Å²) in [7, 11) is 0. The summed E-state index contributed by atoms with van der Waals surface area (Å²) in [4.78, 5) is 83.2. The van der Waals surface area contributed by atoms with Crippen molar-refractivity contribution in [1.29, 1.82) is 0 Å². The lowest BCUT2D eigenvalue weighted by Gasteiger charge is -2.28. The fraction of sp³-hybridized carbons (Fsp3) is 0.486. The molecule has 18 nitrogen and oxygen atoms in total.